The second kappa shape index (κ2) is 7.00. The summed E-state index contributed by atoms with van der Waals surface area (Å²) in [5, 5.41) is 2.49. The van der Waals surface area contributed by atoms with Crippen molar-refractivity contribution in [3.63, 3.8) is 0 Å². The Morgan fingerprint density at radius 2 is 1.74 bits per heavy atom. The Morgan fingerprint density at radius 1 is 1.09 bits per heavy atom. The van der Waals surface area contributed by atoms with Gasteiger partial charge in [0.15, 0.2) is 0 Å². The molecule has 7 heteroatoms. The maximum Gasteiger partial charge on any atom is 0.416 e. The Morgan fingerprint density at radius 3 is 2.30 bits per heavy atom. The molecular formula is C16H12ClF4NO. The number of carbonyl (C=O) groups excluding carboxylic acids is 1. The van der Waals surface area contributed by atoms with E-state index in [0.29, 0.717) is 12.0 Å². The van der Waals surface area contributed by atoms with Gasteiger partial charge < -0.3 is 5.32 Å². The van der Waals surface area contributed by atoms with Crippen molar-refractivity contribution in [1.29, 1.82) is 0 Å². The van der Waals surface area contributed by atoms with Crippen LogP contribution < -0.4 is 5.32 Å². The lowest BCUT2D eigenvalue weighted by Gasteiger charge is -2.09. The second-order valence-electron chi connectivity index (χ2n) is 4.80. The van der Waals surface area contributed by atoms with Gasteiger partial charge in [0, 0.05) is 6.54 Å². The average molecular weight is 346 g/mol. The lowest BCUT2D eigenvalue weighted by atomic mass is 10.1. The molecule has 0 bridgehead atoms. The lowest BCUT2D eigenvalue weighted by molar-refractivity contribution is -0.137. The van der Waals surface area contributed by atoms with E-state index in [-0.39, 0.29) is 17.1 Å². The Balaban J connectivity index is 1.93. The fourth-order valence-electron chi connectivity index (χ4n) is 1.98. The zero-order valence-electron chi connectivity index (χ0n) is 11.8. The summed E-state index contributed by atoms with van der Waals surface area (Å²) >= 11 is 5.77. The number of carbonyl (C=O) groups is 1. The maximum atomic E-state index is 13.6. The predicted molar refractivity (Wildman–Crippen MR) is 78.9 cm³/mol. The molecule has 0 fully saturated rings. The van der Waals surface area contributed by atoms with Gasteiger partial charge in [-0.3, -0.25) is 4.79 Å². The molecule has 0 heterocycles. The Hall–Kier alpha value is -2.08. The molecule has 0 radical (unpaired) electrons. The van der Waals surface area contributed by atoms with E-state index in [0.717, 1.165) is 18.2 Å². The molecule has 0 saturated carbocycles. The van der Waals surface area contributed by atoms with Crippen LogP contribution >= 0.6 is 11.6 Å². The molecule has 0 unspecified atom stereocenters. The van der Waals surface area contributed by atoms with Crippen LogP contribution in [0.25, 0.3) is 0 Å². The first-order chi connectivity index (χ1) is 10.8. The molecule has 0 saturated heterocycles. The number of benzene rings is 2. The summed E-state index contributed by atoms with van der Waals surface area (Å²) < 4.78 is 50.9. The number of rotatable bonds is 4. The van der Waals surface area contributed by atoms with Crippen molar-refractivity contribution in [2.75, 3.05) is 6.54 Å². The van der Waals surface area contributed by atoms with Crippen molar-refractivity contribution in [3.05, 3.63) is 70.0 Å². The standard InChI is InChI=1S/C16H12ClF4NO/c17-12-2-1-3-13(18)14(12)15(23)22-9-8-10-4-6-11(7-5-10)16(19,20)21/h1-7H,8-9H2,(H,22,23). The van der Waals surface area contributed by atoms with Crippen LogP contribution in [-0.4, -0.2) is 12.5 Å². The number of nitrogens with one attached hydrogen (secondary N) is 1. The van der Waals surface area contributed by atoms with E-state index in [2.05, 4.69) is 5.32 Å². The highest BCUT2D eigenvalue weighted by atomic mass is 35.5. The van der Waals surface area contributed by atoms with Crippen LogP contribution in [-0.2, 0) is 12.6 Å². The third-order valence-corrected chi connectivity index (χ3v) is 3.49. The van der Waals surface area contributed by atoms with Gasteiger partial charge in [0.1, 0.15) is 5.82 Å². The Bertz CT molecular complexity index is 678. The molecule has 0 aliphatic heterocycles. The summed E-state index contributed by atoms with van der Waals surface area (Å²) in [4.78, 5) is 11.9. The predicted octanol–water partition coefficient (Wildman–Crippen LogP) is 4.47. The Kier molecular flexibility index (Phi) is 5.26. The highest BCUT2D eigenvalue weighted by molar-refractivity contribution is 6.33. The van der Waals surface area contributed by atoms with E-state index in [1.165, 1.54) is 24.3 Å². The topological polar surface area (TPSA) is 29.1 Å². The molecule has 2 rings (SSSR count). The lowest BCUT2D eigenvalue weighted by Crippen LogP contribution is -2.26. The van der Waals surface area contributed by atoms with Gasteiger partial charge in [-0.1, -0.05) is 29.8 Å². The van der Waals surface area contributed by atoms with E-state index in [4.69, 9.17) is 11.6 Å². The number of hydrogen-bond acceptors (Lipinski definition) is 1. The smallest absolute Gasteiger partial charge is 0.352 e. The summed E-state index contributed by atoms with van der Waals surface area (Å²) in [5.74, 6) is -1.40. The first-order valence-corrected chi connectivity index (χ1v) is 7.05. The normalized spacial score (nSPS) is 11.3. The number of halogens is 5. The van der Waals surface area contributed by atoms with Gasteiger partial charge in [-0.25, -0.2) is 4.39 Å². The first-order valence-electron chi connectivity index (χ1n) is 6.67. The summed E-state index contributed by atoms with van der Waals surface area (Å²) in [6.07, 6.45) is -4.07. The summed E-state index contributed by atoms with van der Waals surface area (Å²) in [5.41, 5.74) is -0.358. The molecule has 0 aliphatic carbocycles. The molecule has 1 N–H and O–H groups in total. The molecule has 1 amide bonds. The average Bonchev–Trinajstić information content (AvgIpc) is 2.46. The van der Waals surface area contributed by atoms with Gasteiger partial charge in [-0.05, 0) is 36.2 Å². The molecule has 2 aromatic rings. The zero-order chi connectivity index (χ0) is 17.0. The monoisotopic (exact) mass is 345 g/mol. The number of amides is 1. The molecule has 0 spiro atoms. The maximum absolute atomic E-state index is 13.6. The van der Waals surface area contributed by atoms with Crippen LogP contribution in [0.15, 0.2) is 42.5 Å². The van der Waals surface area contributed by atoms with Gasteiger partial charge >= 0.3 is 6.18 Å². The van der Waals surface area contributed by atoms with Crippen LogP contribution in [0.5, 0.6) is 0 Å². The van der Waals surface area contributed by atoms with Crippen LogP contribution in [0.2, 0.25) is 5.02 Å². The number of hydrogen-bond donors (Lipinski definition) is 1. The molecule has 0 aliphatic rings. The number of alkyl halides is 3. The minimum Gasteiger partial charge on any atom is -0.352 e. The fourth-order valence-corrected chi connectivity index (χ4v) is 2.23. The quantitative estimate of drug-likeness (QED) is 0.814. The molecule has 122 valence electrons. The van der Waals surface area contributed by atoms with Gasteiger partial charge in [0.05, 0.1) is 16.1 Å². The largest absolute Gasteiger partial charge is 0.416 e. The second-order valence-corrected chi connectivity index (χ2v) is 5.20. The summed E-state index contributed by atoms with van der Waals surface area (Å²) in [6, 6.07) is 8.54. The molecule has 23 heavy (non-hydrogen) atoms. The van der Waals surface area contributed by atoms with Crippen LogP contribution in [0.3, 0.4) is 0 Å². The van der Waals surface area contributed by atoms with Crippen LogP contribution in [0, 0.1) is 5.82 Å². The van der Waals surface area contributed by atoms with Crippen molar-refractivity contribution in [1.82, 2.24) is 5.32 Å². The first kappa shape index (κ1) is 17.3. The third kappa shape index (κ3) is 4.45. The molecule has 2 aromatic carbocycles. The molecule has 0 aromatic heterocycles. The van der Waals surface area contributed by atoms with Crippen molar-refractivity contribution < 1.29 is 22.4 Å². The van der Waals surface area contributed by atoms with Crippen LogP contribution in [0.1, 0.15) is 21.5 Å². The van der Waals surface area contributed by atoms with Crippen molar-refractivity contribution >= 4 is 17.5 Å². The van der Waals surface area contributed by atoms with Gasteiger partial charge in [0.2, 0.25) is 0 Å². The third-order valence-electron chi connectivity index (χ3n) is 3.17. The van der Waals surface area contributed by atoms with E-state index >= 15 is 0 Å². The minimum absolute atomic E-state index is 0.00275. The highest BCUT2D eigenvalue weighted by Crippen LogP contribution is 2.29. The van der Waals surface area contributed by atoms with E-state index < -0.39 is 23.5 Å². The van der Waals surface area contributed by atoms with Gasteiger partial charge in [0.25, 0.3) is 5.91 Å². The van der Waals surface area contributed by atoms with Gasteiger partial charge in [-0.2, -0.15) is 13.2 Å². The minimum atomic E-state index is -4.38. The molecule has 0 atom stereocenters. The summed E-state index contributed by atoms with van der Waals surface area (Å²) in [6.45, 7) is 0.148. The van der Waals surface area contributed by atoms with Crippen molar-refractivity contribution in [3.8, 4) is 0 Å². The SMILES string of the molecule is O=C(NCCc1ccc(C(F)(F)F)cc1)c1c(F)cccc1Cl. The van der Waals surface area contributed by atoms with Gasteiger partial charge in [-0.15, -0.1) is 0 Å². The molecule has 2 nitrogen and oxygen atoms in total. The van der Waals surface area contributed by atoms with Crippen molar-refractivity contribution in [2.45, 2.75) is 12.6 Å². The zero-order valence-corrected chi connectivity index (χ0v) is 12.5. The summed E-state index contributed by atoms with van der Waals surface area (Å²) in [7, 11) is 0. The highest BCUT2D eigenvalue weighted by Gasteiger charge is 2.29. The van der Waals surface area contributed by atoms with E-state index in [9.17, 15) is 22.4 Å². The van der Waals surface area contributed by atoms with Crippen LogP contribution in [0.4, 0.5) is 17.6 Å². The Labute approximate surface area is 135 Å². The fraction of sp³-hybridized carbons (Fsp3) is 0.188. The van der Waals surface area contributed by atoms with E-state index in [1.54, 1.807) is 0 Å². The van der Waals surface area contributed by atoms with E-state index in [1.807, 2.05) is 0 Å². The van der Waals surface area contributed by atoms with Crippen molar-refractivity contribution in [2.24, 2.45) is 0 Å². The molecular weight excluding hydrogens is 334 g/mol.